The summed E-state index contributed by atoms with van der Waals surface area (Å²) < 4.78 is 11.6. The van der Waals surface area contributed by atoms with Gasteiger partial charge in [0.2, 0.25) is 0 Å². The Balaban J connectivity index is 1.63. The van der Waals surface area contributed by atoms with Crippen molar-refractivity contribution in [1.29, 1.82) is 5.26 Å². The predicted octanol–water partition coefficient (Wildman–Crippen LogP) is 5.99. The Kier molecular flexibility index (Phi) is 6.99. The zero-order chi connectivity index (χ0) is 24.8. The molecule has 0 heterocycles. The smallest absolute Gasteiger partial charge is 0.266 e. The topological polar surface area (TPSA) is 91.6 Å². The van der Waals surface area contributed by atoms with Crippen LogP contribution in [-0.2, 0) is 11.4 Å². The molecule has 0 saturated heterocycles. The number of methoxy groups -OCH3 is 1. The van der Waals surface area contributed by atoms with Crippen LogP contribution in [-0.4, -0.2) is 18.1 Å². The van der Waals surface area contributed by atoms with Gasteiger partial charge in [-0.1, -0.05) is 36.4 Å². The number of anilines is 1. The number of rotatable bonds is 7. The van der Waals surface area contributed by atoms with Gasteiger partial charge in [0.15, 0.2) is 0 Å². The third-order valence-corrected chi connectivity index (χ3v) is 5.66. The molecule has 4 aromatic carbocycles. The largest absolute Gasteiger partial charge is 0.508 e. The second kappa shape index (κ2) is 10.4. The van der Waals surface area contributed by atoms with Crippen molar-refractivity contribution in [2.45, 2.75) is 13.5 Å². The van der Waals surface area contributed by atoms with E-state index in [2.05, 4.69) is 29.6 Å². The lowest BCUT2D eigenvalue weighted by atomic mass is 10.0. The van der Waals surface area contributed by atoms with E-state index < -0.39 is 5.91 Å². The van der Waals surface area contributed by atoms with Gasteiger partial charge in [0.25, 0.3) is 5.91 Å². The summed E-state index contributed by atoms with van der Waals surface area (Å²) in [7, 11) is 1.56. The van der Waals surface area contributed by atoms with Gasteiger partial charge in [-0.3, -0.25) is 4.79 Å². The van der Waals surface area contributed by atoms with E-state index in [0.29, 0.717) is 29.4 Å². The first-order valence-electron chi connectivity index (χ1n) is 11.0. The molecular formula is C29H24N2O4. The van der Waals surface area contributed by atoms with Crippen LogP contribution in [0.2, 0.25) is 0 Å². The van der Waals surface area contributed by atoms with Gasteiger partial charge in [-0.25, -0.2) is 0 Å². The highest BCUT2D eigenvalue weighted by Gasteiger charge is 2.13. The molecule has 0 bridgehead atoms. The van der Waals surface area contributed by atoms with E-state index in [1.165, 1.54) is 18.2 Å². The second-order valence-corrected chi connectivity index (χ2v) is 7.95. The standard InChI is InChI=1S/C29H24N2O4/c1-19-7-8-20-5-3-4-6-26(20)27(19)18-35-28-16-25(34-2)14-9-21(28)15-22(17-30)29(33)31-23-10-12-24(32)13-11-23/h3-16,32H,18H2,1-2H3,(H,31,33)/b22-15+. The first-order chi connectivity index (χ1) is 17.0. The second-order valence-electron chi connectivity index (χ2n) is 7.95. The van der Waals surface area contributed by atoms with Gasteiger partial charge in [0.05, 0.1) is 7.11 Å². The van der Waals surface area contributed by atoms with Crippen molar-refractivity contribution in [1.82, 2.24) is 0 Å². The van der Waals surface area contributed by atoms with Crippen LogP contribution < -0.4 is 14.8 Å². The van der Waals surface area contributed by atoms with E-state index >= 15 is 0 Å². The molecule has 0 radical (unpaired) electrons. The molecule has 0 aromatic heterocycles. The number of nitrogens with one attached hydrogen (secondary N) is 1. The molecule has 35 heavy (non-hydrogen) atoms. The average molecular weight is 465 g/mol. The highest BCUT2D eigenvalue weighted by molar-refractivity contribution is 6.09. The molecule has 0 aliphatic heterocycles. The molecule has 0 spiro atoms. The molecule has 0 aliphatic carbocycles. The van der Waals surface area contributed by atoms with Crippen molar-refractivity contribution >= 4 is 28.4 Å². The van der Waals surface area contributed by atoms with Gasteiger partial charge in [-0.15, -0.1) is 0 Å². The summed E-state index contributed by atoms with van der Waals surface area (Å²) in [4.78, 5) is 12.7. The van der Waals surface area contributed by atoms with Gasteiger partial charge in [-0.05, 0) is 65.7 Å². The van der Waals surface area contributed by atoms with Crippen LogP contribution in [0.15, 0.2) is 84.4 Å². The summed E-state index contributed by atoms with van der Waals surface area (Å²) in [6, 6.07) is 25.5. The zero-order valence-corrected chi connectivity index (χ0v) is 19.4. The summed E-state index contributed by atoms with van der Waals surface area (Å²) in [5, 5.41) is 24.0. The summed E-state index contributed by atoms with van der Waals surface area (Å²) >= 11 is 0. The van der Waals surface area contributed by atoms with Crippen LogP contribution in [0.5, 0.6) is 17.2 Å². The number of nitriles is 1. The molecule has 174 valence electrons. The predicted molar refractivity (Wildman–Crippen MR) is 136 cm³/mol. The SMILES string of the molecule is COc1ccc(/C=C(\C#N)C(=O)Nc2ccc(O)cc2)c(OCc2c(C)ccc3ccccc23)c1. The number of phenolic OH excluding ortho intramolecular Hbond substituents is 1. The number of fused-ring (bicyclic) bond motifs is 1. The normalized spacial score (nSPS) is 11.1. The molecule has 6 heteroatoms. The summed E-state index contributed by atoms with van der Waals surface area (Å²) in [5.74, 6) is 0.603. The number of ether oxygens (including phenoxy) is 2. The minimum Gasteiger partial charge on any atom is -0.508 e. The summed E-state index contributed by atoms with van der Waals surface area (Å²) in [5.41, 5.74) is 3.11. The number of aryl methyl sites for hydroxylation is 1. The van der Waals surface area contributed by atoms with Crippen LogP contribution in [0, 0.1) is 18.3 Å². The molecule has 4 rings (SSSR count). The Morgan fingerprint density at radius 1 is 1.06 bits per heavy atom. The van der Waals surface area contributed by atoms with Gasteiger partial charge >= 0.3 is 0 Å². The van der Waals surface area contributed by atoms with Gasteiger partial charge in [0, 0.05) is 22.9 Å². The summed E-state index contributed by atoms with van der Waals surface area (Å²) in [6.07, 6.45) is 1.49. The Bertz CT molecular complexity index is 1450. The number of benzene rings is 4. The maximum Gasteiger partial charge on any atom is 0.266 e. The third-order valence-electron chi connectivity index (χ3n) is 5.66. The van der Waals surface area contributed by atoms with E-state index in [4.69, 9.17) is 9.47 Å². The number of phenols is 1. The van der Waals surface area contributed by atoms with Crippen LogP contribution in [0.4, 0.5) is 5.69 Å². The fraction of sp³-hybridized carbons (Fsp3) is 0.103. The Morgan fingerprint density at radius 2 is 1.83 bits per heavy atom. The highest BCUT2D eigenvalue weighted by Crippen LogP contribution is 2.30. The van der Waals surface area contributed by atoms with E-state index in [1.54, 1.807) is 37.4 Å². The van der Waals surface area contributed by atoms with E-state index in [9.17, 15) is 15.2 Å². The first kappa shape index (κ1) is 23.4. The van der Waals surface area contributed by atoms with Gasteiger partial charge in [0.1, 0.15) is 35.5 Å². The number of nitrogens with zero attached hydrogens (tertiary/aromatic N) is 1. The lowest BCUT2D eigenvalue weighted by molar-refractivity contribution is -0.112. The molecule has 0 atom stereocenters. The number of carbonyl (C=O) groups is 1. The van der Waals surface area contributed by atoms with Crippen molar-refractivity contribution in [3.63, 3.8) is 0 Å². The quantitative estimate of drug-likeness (QED) is 0.199. The van der Waals surface area contributed by atoms with E-state index in [0.717, 1.165) is 21.9 Å². The van der Waals surface area contributed by atoms with Crippen molar-refractivity contribution in [3.05, 3.63) is 101 Å². The Morgan fingerprint density at radius 3 is 2.57 bits per heavy atom. The minimum atomic E-state index is -0.565. The first-order valence-corrected chi connectivity index (χ1v) is 11.0. The number of aromatic hydroxyl groups is 1. The molecule has 0 unspecified atom stereocenters. The third kappa shape index (κ3) is 5.43. The van der Waals surface area contributed by atoms with Crippen molar-refractivity contribution < 1.29 is 19.4 Å². The van der Waals surface area contributed by atoms with E-state index in [1.807, 2.05) is 25.1 Å². The molecule has 0 fully saturated rings. The fourth-order valence-electron chi connectivity index (χ4n) is 3.72. The van der Waals surface area contributed by atoms with E-state index in [-0.39, 0.29) is 11.3 Å². The number of amides is 1. The number of carbonyl (C=O) groups excluding carboxylic acids is 1. The Labute approximate surface area is 203 Å². The van der Waals surface area contributed by atoms with Gasteiger partial charge < -0.3 is 19.9 Å². The summed E-state index contributed by atoms with van der Waals surface area (Å²) in [6.45, 7) is 2.35. The molecular weight excluding hydrogens is 440 g/mol. The number of hydrogen-bond acceptors (Lipinski definition) is 5. The zero-order valence-electron chi connectivity index (χ0n) is 19.4. The monoisotopic (exact) mass is 464 g/mol. The van der Waals surface area contributed by atoms with Gasteiger partial charge in [-0.2, -0.15) is 5.26 Å². The maximum absolute atomic E-state index is 12.7. The molecule has 0 aliphatic rings. The molecule has 4 aromatic rings. The molecule has 2 N–H and O–H groups in total. The number of hydrogen-bond donors (Lipinski definition) is 2. The highest BCUT2D eigenvalue weighted by atomic mass is 16.5. The van der Waals surface area contributed by atoms with Crippen molar-refractivity contribution in [3.8, 4) is 23.3 Å². The molecule has 0 saturated carbocycles. The van der Waals surface area contributed by atoms with Crippen LogP contribution in [0.1, 0.15) is 16.7 Å². The molecule has 1 amide bonds. The maximum atomic E-state index is 12.7. The van der Waals surface area contributed by atoms with Crippen molar-refractivity contribution in [2.75, 3.05) is 12.4 Å². The lowest BCUT2D eigenvalue weighted by Crippen LogP contribution is -2.13. The van der Waals surface area contributed by atoms with Crippen LogP contribution in [0.25, 0.3) is 16.8 Å². The fourth-order valence-corrected chi connectivity index (χ4v) is 3.72. The van der Waals surface area contributed by atoms with Crippen LogP contribution >= 0.6 is 0 Å². The Hall–Kier alpha value is -4.76. The average Bonchev–Trinajstić information content (AvgIpc) is 2.88. The minimum absolute atomic E-state index is 0.0838. The molecule has 6 nitrogen and oxygen atoms in total. The van der Waals surface area contributed by atoms with Crippen LogP contribution in [0.3, 0.4) is 0 Å². The lowest BCUT2D eigenvalue weighted by Gasteiger charge is -2.15. The van der Waals surface area contributed by atoms with Crippen molar-refractivity contribution in [2.24, 2.45) is 0 Å².